The van der Waals surface area contributed by atoms with Crippen LogP contribution >= 0.6 is 0 Å². The van der Waals surface area contributed by atoms with Gasteiger partial charge in [0.05, 0.1) is 18.3 Å². The van der Waals surface area contributed by atoms with Crippen LogP contribution in [-0.2, 0) is 0 Å². The van der Waals surface area contributed by atoms with Crippen molar-refractivity contribution < 1.29 is 9.53 Å². The summed E-state index contributed by atoms with van der Waals surface area (Å²) < 4.78 is 5.29. The maximum atomic E-state index is 12.8. The van der Waals surface area contributed by atoms with Crippen molar-refractivity contribution in [3.63, 3.8) is 0 Å². The molecule has 35 heavy (non-hydrogen) atoms. The Kier molecular flexibility index (Phi) is 7.56. The maximum Gasteiger partial charge on any atom is 0.186 e. The molecule has 1 N–H and O–H groups in total. The summed E-state index contributed by atoms with van der Waals surface area (Å²) in [6.45, 7) is 6.18. The van der Waals surface area contributed by atoms with Gasteiger partial charge < -0.3 is 9.72 Å². The van der Waals surface area contributed by atoms with E-state index in [1.807, 2.05) is 67.7 Å². The molecular formula is C30H31N3O2. The Morgan fingerprint density at radius 2 is 1.91 bits per heavy atom. The number of aromatic nitrogens is 2. The predicted octanol–water partition coefficient (Wildman–Crippen LogP) is 7.10. The van der Waals surface area contributed by atoms with Crippen LogP contribution in [0.15, 0.2) is 83.6 Å². The first kappa shape index (κ1) is 24.1. The van der Waals surface area contributed by atoms with Crippen molar-refractivity contribution >= 4 is 22.4 Å². The number of rotatable bonds is 8. The molecule has 0 saturated carbocycles. The summed E-state index contributed by atoms with van der Waals surface area (Å²) in [4.78, 5) is 25.6. The van der Waals surface area contributed by atoms with Crippen LogP contribution in [0.25, 0.3) is 22.0 Å². The number of hydrogen-bond acceptors (Lipinski definition) is 4. The number of aryl methyl sites for hydroxylation is 1. The van der Waals surface area contributed by atoms with Crippen molar-refractivity contribution in [2.75, 3.05) is 7.11 Å². The van der Waals surface area contributed by atoms with Crippen molar-refractivity contribution in [1.29, 1.82) is 0 Å². The van der Waals surface area contributed by atoms with E-state index in [0.717, 1.165) is 58.3 Å². The third kappa shape index (κ3) is 5.40. The number of carbonyl (C=O) groups is 1. The normalized spacial score (nSPS) is 12.2. The van der Waals surface area contributed by atoms with E-state index >= 15 is 0 Å². The highest BCUT2D eigenvalue weighted by Crippen LogP contribution is 2.28. The second kappa shape index (κ2) is 11.0. The van der Waals surface area contributed by atoms with Crippen molar-refractivity contribution in [3.05, 3.63) is 95.3 Å². The molecule has 0 fully saturated rings. The topological polar surface area (TPSA) is 67.3 Å². The van der Waals surface area contributed by atoms with E-state index in [1.54, 1.807) is 19.4 Å². The minimum atomic E-state index is 0.0551. The summed E-state index contributed by atoms with van der Waals surface area (Å²) in [5.41, 5.74) is 7.16. The van der Waals surface area contributed by atoms with Crippen LogP contribution in [0, 0.1) is 6.92 Å². The molecule has 4 aromatic rings. The molecule has 0 bridgehead atoms. The van der Waals surface area contributed by atoms with Crippen molar-refractivity contribution in [1.82, 2.24) is 9.97 Å². The highest BCUT2D eigenvalue weighted by molar-refractivity contribution is 6.06. The van der Waals surface area contributed by atoms with E-state index in [-0.39, 0.29) is 5.78 Å². The lowest BCUT2D eigenvalue weighted by Gasteiger charge is -2.06. The molecule has 0 radical (unpaired) electrons. The van der Waals surface area contributed by atoms with Gasteiger partial charge in [0.15, 0.2) is 11.3 Å². The average Bonchev–Trinajstić information content (AvgIpc) is 3.19. The van der Waals surface area contributed by atoms with Gasteiger partial charge in [-0.05, 0) is 73.4 Å². The first-order chi connectivity index (χ1) is 17.0. The Bertz CT molecular complexity index is 1450. The summed E-state index contributed by atoms with van der Waals surface area (Å²) in [7, 11) is 1.66. The molecule has 0 aliphatic heterocycles. The molecule has 0 spiro atoms. The summed E-state index contributed by atoms with van der Waals surface area (Å²) in [5.74, 6) is 0.875. The molecule has 0 saturated heterocycles. The SMILES string of the molecule is CCC/C(=C/C(=O)c1ccc(N=c2ncccc3c(-c4ccc(OC)cc4)c[nH]c23)cc1C)CC. The largest absolute Gasteiger partial charge is 0.497 e. The number of methoxy groups -OCH3 is 1. The number of nitrogens with one attached hydrogen (secondary N) is 1. The molecule has 4 rings (SSSR count). The number of ketones is 1. The molecule has 0 atom stereocenters. The Morgan fingerprint density at radius 1 is 1.11 bits per heavy atom. The van der Waals surface area contributed by atoms with Gasteiger partial charge in [-0.25, -0.2) is 9.98 Å². The molecule has 0 aliphatic carbocycles. The fourth-order valence-corrected chi connectivity index (χ4v) is 4.26. The van der Waals surface area contributed by atoms with Crippen LogP contribution in [-0.4, -0.2) is 22.9 Å². The molecule has 5 nitrogen and oxygen atoms in total. The molecular weight excluding hydrogens is 434 g/mol. The van der Waals surface area contributed by atoms with Crippen molar-refractivity contribution in [2.45, 2.75) is 40.0 Å². The quantitative estimate of drug-likeness (QED) is 0.223. The van der Waals surface area contributed by atoms with Crippen LogP contribution in [0.2, 0.25) is 0 Å². The van der Waals surface area contributed by atoms with E-state index in [4.69, 9.17) is 9.73 Å². The summed E-state index contributed by atoms with van der Waals surface area (Å²) >= 11 is 0. The smallest absolute Gasteiger partial charge is 0.186 e. The Labute approximate surface area is 206 Å². The van der Waals surface area contributed by atoms with Crippen LogP contribution in [0.1, 0.15) is 49.0 Å². The standard InChI is InChI=1S/C30H31N3O2/c1-5-8-21(6-2)18-28(34)25-15-12-23(17-20(25)3)33-30-29-26(9-7-16-31-30)27(19-32-29)22-10-13-24(35-4)14-11-22/h7,9-19,32H,5-6,8H2,1-4H3/b21-18+,33-30?. The van der Waals surface area contributed by atoms with E-state index in [0.29, 0.717) is 11.1 Å². The second-order valence-electron chi connectivity index (χ2n) is 8.56. The molecule has 2 aromatic heterocycles. The van der Waals surface area contributed by atoms with Gasteiger partial charge in [-0.15, -0.1) is 0 Å². The number of H-pyrrole nitrogens is 1. The monoisotopic (exact) mass is 465 g/mol. The number of nitrogens with zero attached hydrogens (tertiary/aromatic N) is 2. The molecule has 0 unspecified atom stereocenters. The molecule has 5 heteroatoms. The van der Waals surface area contributed by atoms with Gasteiger partial charge in [0.2, 0.25) is 0 Å². The van der Waals surface area contributed by atoms with E-state index in [1.165, 1.54) is 5.57 Å². The number of carbonyl (C=O) groups excluding carboxylic acids is 1. The van der Waals surface area contributed by atoms with E-state index in [9.17, 15) is 4.79 Å². The first-order valence-corrected chi connectivity index (χ1v) is 12.0. The number of aromatic amines is 1. The fraction of sp³-hybridized carbons (Fsp3) is 0.233. The third-order valence-corrected chi connectivity index (χ3v) is 6.16. The number of ether oxygens (including phenoxy) is 1. The minimum Gasteiger partial charge on any atom is -0.497 e. The molecule has 2 heterocycles. The highest BCUT2D eigenvalue weighted by atomic mass is 16.5. The zero-order valence-electron chi connectivity index (χ0n) is 20.8. The van der Waals surface area contributed by atoms with Gasteiger partial charge in [0, 0.05) is 28.9 Å². The summed E-state index contributed by atoms with van der Waals surface area (Å²) in [6, 6.07) is 17.6. The third-order valence-electron chi connectivity index (χ3n) is 6.16. The second-order valence-corrected chi connectivity index (χ2v) is 8.56. The number of hydrogen-bond donors (Lipinski definition) is 1. The van der Waals surface area contributed by atoms with Gasteiger partial charge in [-0.2, -0.15) is 0 Å². The lowest BCUT2D eigenvalue weighted by Crippen LogP contribution is -2.05. The zero-order valence-corrected chi connectivity index (χ0v) is 20.8. The molecule has 0 amide bonds. The first-order valence-electron chi connectivity index (χ1n) is 12.0. The van der Waals surface area contributed by atoms with E-state index < -0.39 is 0 Å². The molecule has 2 aromatic carbocycles. The number of allylic oxidation sites excluding steroid dienone is 2. The Morgan fingerprint density at radius 3 is 2.60 bits per heavy atom. The van der Waals surface area contributed by atoms with Gasteiger partial charge in [-0.3, -0.25) is 4.79 Å². The van der Waals surface area contributed by atoms with Gasteiger partial charge >= 0.3 is 0 Å². The summed E-state index contributed by atoms with van der Waals surface area (Å²) in [6.07, 6.45) is 8.42. The lowest BCUT2D eigenvalue weighted by molar-refractivity contribution is 0.104. The van der Waals surface area contributed by atoms with Gasteiger partial charge in [0.25, 0.3) is 0 Å². The zero-order chi connectivity index (χ0) is 24.8. The predicted molar refractivity (Wildman–Crippen MR) is 142 cm³/mol. The fourth-order valence-electron chi connectivity index (χ4n) is 4.26. The number of fused-ring (bicyclic) bond motifs is 1. The van der Waals surface area contributed by atoms with Crippen LogP contribution in [0.5, 0.6) is 5.75 Å². The molecule has 0 aliphatic rings. The number of benzene rings is 2. The molecule has 178 valence electrons. The van der Waals surface area contributed by atoms with Crippen molar-refractivity contribution in [2.24, 2.45) is 4.99 Å². The van der Waals surface area contributed by atoms with Crippen LogP contribution < -0.4 is 10.2 Å². The van der Waals surface area contributed by atoms with Crippen molar-refractivity contribution in [3.8, 4) is 16.9 Å². The summed E-state index contributed by atoms with van der Waals surface area (Å²) in [5, 5.41) is 1.03. The minimum absolute atomic E-state index is 0.0551. The van der Waals surface area contributed by atoms with Crippen LogP contribution in [0.4, 0.5) is 5.69 Å². The average molecular weight is 466 g/mol. The Balaban J connectivity index is 1.73. The lowest BCUT2D eigenvalue weighted by atomic mass is 10.00. The van der Waals surface area contributed by atoms with E-state index in [2.05, 4.69) is 23.8 Å². The van der Waals surface area contributed by atoms with Gasteiger partial charge in [-0.1, -0.05) is 44.0 Å². The highest BCUT2D eigenvalue weighted by Gasteiger charge is 2.10. The maximum absolute atomic E-state index is 12.8. The van der Waals surface area contributed by atoms with Gasteiger partial charge in [0.1, 0.15) is 5.75 Å². The Hall–Kier alpha value is -3.99. The van der Waals surface area contributed by atoms with Crippen LogP contribution in [0.3, 0.4) is 0 Å².